The van der Waals surface area contributed by atoms with Crippen LogP contribution in [0, 0.1) is 5.92 Å². The number of hydrogen-bond donors (Lipinski definition) is 2. The van der Waals surface area contributed by atoms with Gasteiger partial charge in [-0.15, -0.1) is 5.10 Å². The first-order valence-electron chi connectivity index (χ1n) is 9.08. The van der Waals surface area contributed by atoms with E-state index in [0.29, 0.717) is 34.9 Å². The van der Waals surface area contributed by atoms with E-state index in [0.717, 1.165) is 0 Å². The number of aliphatic hydroxyl groups is 1. The third-order valence-electron chi connectivity index (χ3n) is 4.91. The van der Waals surface area contributed by atoms with E-state index >= 15 is 0 Å². The normalized spacial score (nSPS) is 19.0. The summed E-state index contributed by atoms with van der Waals surface area (Å²) in [6.07, 6.45) is -0.218. The number of aliphatic hydroxyl groups excluding tert-OH is 1. The Kier molecular flexibility index (Phi) is 5.59. The lowest BCUT2D eigenvalue weighted by Crippen LogP contribution is -2.48. The SMILES string of the molecule is CCc1nc(-c2nnn(C)c2CO)ccc1N1CC(CC(=O)O)CC(F)(F)C1. The number of aryl methyl sites for hydroxylation is 2. The van der Waals surface area contributed by atoms with Crippen molar-refractivity contribution in [1.29, 1.82) is 0 Å². The Bertz CT molecular complexity index is 871. The third-order valence-corrected chi connectivity index (χ3v) is 4.91. The number of aromatic nitrogens is 4. The van der Waals surface area contributed by atoms with Gasteiger partial charge in [0, 0.05) is 20.0 Å². The second kappa shape index (κ2) is 7.78. The van der Waals surface area contributed by atoms with Crippen molar-refractivity contribution in [3.05, 3.63) is 23.5 Å². The van der Waals surface area contributed by atoms with E-state index < -0.39 is 30.8 Å². The molecule has 3 heterocycles. The van der Waals surface area contributed by atoms with Gasteiger partial charge in [0.2, 0.25) is 0 Å². The molecule has 2 aromatic heterocycles. The summed E-state index contributed by atoms with van der Waals surface area (Å²) >= 11 is 0. The van der Waals surface area contributed by atoms with E-state index in [9.17, 15) is 18.7 Å². The molecule has 1 atom stereocenters. The molecule has 0 aliphatic carbocycles. The fourth-order valence-corrected chi connectivity index (χ4v) is 3.70. The van der Waals surface area contributed by atoms with Gasteiger partial charge in [0.25, 0.3) is 5.92 Å². The van der Waals surface area contributed by atoms with Gasteiger partial charge in [0.05, 0.1) is 42.3 Å². The number of rotatable bonds is 6. The van der Waals surface area contributed by atoms with Crippen LogP contribution in [0.1, 0.15) is 31.2 Å². The second-order valence-corrected chi connectivity index (χ2v) is 7.09. The Morgan fingerprint density at radius 2 is 2.14 bits per heavy atom. The third kappa shape index (κ3) is 4.11. The number of pyridine rings is 1. The standard InChI is InChI=1S/C18H23F2N5O3/c1-3-12-14(25-8-11(6-16(27)28)7-18(19,20)10-25)5-4-13(21-12)17-15(9-26)24(2)23-22-17/h4-5,11,26H,3,6-10H2,1-2H3,(H,27,28). The molecule has 0 spiro atoms. The average Bonchev–Trinajstić information content (AvgIpc) is 2.99. The highest BCUT2D eigenvalue weighted by Gasteiger charge is 2.41. The topological polar surface area (TPSA) is 104 Å². The smallest absolute Gasteiger partial charge is 0.303 e. The molecule has 0 bridgehead atoms. The van der Waals surface area contributed by atoms with Gasteiger partial charge in [-0.3, -0.25) is 4.79 Å². The van der Waals surface area contributed by atoms with Gasteiger partial charge < -0.3 is 15.1 Å². The number of carboxylic acids is 1. The van der Waals surface area contributed by atoms with Crippen LogP contribution in [-0.2, 0) is 24.9 Å². The summed E-state index contributed by atoms with van der Waals surface area (Å²) in [6, 6.07) is 3.37. The molecule has 1 aliphatic rings. The Hall–Kier alpha value is -2.62. The molecule has 8 nitrogen and oxygen atoms in total. The molecule has 1 unspecified atom stereocenters. The number of alkyl halides is 2. The molecule has 10 heteroatoms. The molecule has 28 heavy (non-hydrogen) atoms. The number of anilines is 1. The lowest BCUT2D eigenvalue weighted by molar-refractivity contribution is -0.139. The monoisotopic (exact) mass is 395 g/mol. The van der Waals surface area contributed by atoms with Crippen LogP contribution < -0.4 is 4.90 Å². The molecular formula is C18H23F2N5O3. The molecule has 3 rings (SSSR count). The van der Waals surface area contributed by atoms with Gasteiger partial charge in [-0.05, 0) is 24.5 Å². The van der Waals surface area contributed by atoms with E-state index in [1.165, 1.54) is 9.58 Å². The van der Waals surface area contributed by atoms with E-state index in [1.54, 1.807) is 19.2 Å². The van der Waals surface area contributed by atoms with Crippen molar-refractivity contribution in [2.45, 2.75) is 38.7 Å². The summed E-state index contributed by atoms with van der Waals surface area (Å²) < 4.78 is 29.9. The predicted octanol–water partition coefficient (Wildman–Crippen LogP) is 1.87. The molecular weight excluding hydrogens is 372 g/mol. The summed E-state index contributed by atoms with van der Waals surface area (Å²) in [5.41, 5.74) is 2.63. The molecule has 1 saturated heterocycles. The molecule has 152 valence electrons. The van der Waals surface area contributed by atoms with Gasteiger partial charge in [-0.25, -0.2) is 18.4 Å². The van der Waals surface area contributed by atoms with Crippen LogP contribution in [-0.4, -0.2) is 55.2 Å². The quantitative estimate of drug-likeness (QED) is 0.769. The number of nitrogens with zero attached hydrogens (tertiary/aromatic N) is 5. The van der Waals surface area contributed by atoms with Crippen LogP contribution in [0.2, 0.25) is 0 Å². The van der Waals surface area contributed by atoms with E-state index in [2.05, 4.69) is 15.3 Å². The van der Waals surface area contributed by atoms with Crippen LogP contribution in [0.25, 0.3) is 11.4 Å². The first kappa shape index (κ1) is 20.1. The summed E-state index contributed by atoms with van der Waals surface area (Å²) in [5, 5.41) is 26.4. The maximum absolute atomic E-state index is 14.2. The second-order valence-electron chi connectivity index (χ2n) is 7.09. The first-order chi connectivity index (χ1) is 13.2. The zero-order chi connectivity index (χ0) is 20.5. The zero-order valence-electron chi connectivity index (χ0n) is 15.8. The van der Waals surface area contributed by atoms with Crippen LogP contribution in [0.5, 0.6) is 0 Å². The Morgan fingerprint density at radius 1 is 1.39 bits per heavy atom. The fraction of sp³-hybridized carbons (Fsp3) is 0.556. The van der Waals surface area contributed by atoms with Crippen molar-refractivity contribution >= 4 is 11.7 Å². The lowest BCUT2D eigenvalue weighted by atomic mass is 9.91. The number of carboxylic acid groups (broad SMARTS) is 1. The number of aliphatic carboxylic acids is 1. The Morgan fingerprint density at radius 3 is 2.79 bits per heavy atom. The van der Waals surface area contributed by atoms with Crippen molar-refractivity contribution in [2.24, 2.45) is 13.0 Å². The van der Waals surface area contributed by atoms with E-state index in [1.807, 2.05) is 6.92 Å². The number of carbonyl (C=O) groups is 1. The van der Waals surface area contributed by atoms with Crippen molar-refractivity contribution in [2.75, 3.05) is 18.0 Å². The Labute approximate surface area is 160 Å². The van der Waals surface area contributed by atoms with E-state index in [4.69, 9.17) is 5.11 Å². The number of halogens is 2. The lowest BCUT2D eigenvalue weighted by Gasteiger charge is -2.39. The van der Waals surface area contributed by atoms with Crippen LogP contribution in [0.4, 0.5) is 14.5 Å². The molecule has 0 radical (unpaired) electrons. The minimum atomic E-state index is -2.96. The van der Waals surface area contributed by atoms with Crippen molar-refractivity contribution in [3.63, 3.8) is 0 Å². The molecule has 0 amide bonds. The zero-order valence-corrected chi connectivity index (χ0v) is 15.8. The predicted molar refractivity (Wildman–Crippen MR) is 97.1 cm³/mol. The maximum Gasteiger partial charge on any atom is 0.303 e. The largest absolute Gasteiger partial charge is 0.481 e. The van der Waals surface area contributed by atoms with Gasteiger partial charge in [-0.2, -0.15) is 0 Å². The van der Waals surface area contributed by atoms with Crippen LogP contribution >= 0.6 is 0 Å². The highest BCUT2D eigenvalue weighted by molar-refractivity contribution is 5.67. The molecule has 2 N–H and O–H groups in total. The molecule has 0 saturated carbocycles. The summed E-state index contributed by atoms with van der Waals surface area (Å²) in [7, 11) is 1.66. The summed E-state index contributed by atoms with van der Waals surface area (Å²) in [6.45, 7) is 1.39. The van der Waals surface area contributed by atoms with Crippen molar-refractivity contribution < 1.29 is 23.8 Å². The summed E-state index contributed by atoms with van der Waals surface area (Å²) in [5.74, 6) is -4.67. The van der Waals surface area contributed by atoms with Gasteiger partial charge in [0.15, 0.2) is 0 Å². The van der Waals surface area contributed by atoms with Gasteiger partial charge in [0.1, 0.15) is 5.69 Å². The van der Waals surface area contributed by atoms with E-state index in [-0.39, 0.29) is 19.6 Å². The molecule has 0 aromatic carbocycles. The maximum atomic E-state index is 14.2. The molecule has 1 aliphatic heterocycles. The minimum Gasteiger partial charge on any atom is -0.481 e. The fourth-order valence-electron chi connectivity index (χ4n) is 3.70. The van der Waals surface area contributed by atoms with Crippen LogP contribution in [0.15, 0.2) is 12.1 Å². The average molecular weight is 395 g/mol. The minimum absolute atomic E-state index is 0.239. The summed E-state index contributed by atoms with van der Waals surface area (Å²) in [4.78, 5) is 17.1. The Balaban J connectivity index is 1.94. The highest BCUT2D eigenvalue weighted by Crippen LogP contribution is 2.36. The highest BCUT2D eigenvalue weighted by atomic mass is 19.3. The first-order valence-corrected chi connectivity index (χ1v) is 9.08. The number of piperidine rings is 1. The van der Waals surface area contributed by atoms with Gasteiger partial charge in [-0.1, -0.05) is 12.1 Å². The van der Waals surface area contributed by atoms with Gasteiger partial charge >= 0.3 is 5.97 Å². The van der Waals surface area contributed by atoms with Crippen molar-refractivity contribution in [3.8, 4) is 11.4 Å². The van der Waals surface area contributed by atoms with Crippen LogP contribution in [0.3, 0.4) is 0 Å². The number of hydrogen-bond acceptors (Lipinski definition) is 6. The molecule has 2 aromatic rings. The molecule has 1 fully saturated rings. The van der Waals surface area contributed by atoms with Crippen molar-refractivity contribution in [1.82, 2.24) is 20.0 Å².